The SMILES string of the molecule is C#C.CN(CCO)c1ccc(-c2cccs2)cc1.N=C(N)c1ccc(NC(=O)CCC=O)cc1. The van der Waals surface area contributed by atoms with E-state index in [0.717, 1.165) is 5.69 Å². The Bertz CT molecular complexity index is 1030. The Morgan fingerprint density at radius 2 is 1.79 bits per heavy atom. The number of aldehydes is 1. The molecule has 1 heterocycles. The number of terminal acetylenes is 1. The molecule has 0 radical (unpaired) electrons. The van der Waals surface area contributed by atoms with E-state index in [1.54, 1.807) is 35.6 Å². The van der Waals surface area contributed by atoms with E-state index in [2.05, 4.69) is 59.9 Å². The summed E-state index contributed by atoms with van der Waals surface area (Å²) in [6.45, 7) is 0.849. The minimum Gasteiger partial charge on any atom is -0.395 e. The van der Waals surface area contributed by atoms with Crippen LogP contribution in [-0.2, 0) is 9.59 Å². The molecule has 3 aromatic rings. The Hall–Kier alpha value is -3.93. The van der Waals surface area contributed by atoms with Crippen molar-refractivity contribution < 1.29 is 14.7 Å². The van der Waals surface area contributed by atoms with E-state index in [-0.39, 0.29) is 31.2 Å². The van der Waals surface area contributed by atoms with Crippen molar-refractivity contribution in [3.8, 4) is 23.3 Å². The molecule has 0 saturated carbocycles. The zero-order valence-electron chi connectivity index (χ0n) is 19.1. The standard InChI is InChI=1S/C13H15NOS.C11H13N3O2.C2H2/c1-14(8-9-15)12-6-4-11(5-7-12)13-3-2-10-16-13;12-11(13)8-3-5-9(6-4-8)14-10(16)2-1-7-15;1-2/h2-7,10,15H,8-9H2,1H3;3-7H,1-2H2,(H3,12,13)(H,14,16);1-2H. The number of hydrogen-bond donors (Lipinski definition) is 4. The summed E-state index contributed by atoms with van der Waals surface area (Å²) in [6, 6.07) is 19.2. The highest BCUT2D eigenvalue weighted by molar-refractivity contribution is 7.13. The quantitative estimate of drug-likeness (QED) is 0.160. The first-order valence-electron chi connectivity index (χ1n) is 10.4. The van der Waals surface area contributed by atoms with Crippen molar-refractivity contribution in [2.45, 2.75) is 12.8 Å². The minimum absolute atomic E-state index is 0.0150. The van der Waals surface area contributed by atoms with E-state index in [0.29, 0.717) is 24.1 Å². The van der Waals surface area contributed by atoms with Crippen LogP contribution in [0.5, 0.6) is 0 Å². The van der Waals surface area contributed by atoms with Crippen molar-refractivity contribution in [1.29, 1.82) is 5.41 Å². The predicted molar refractivity (Wildman–Crippen MR) is 141 cm³/mol. The molecule has 178 valence electrons. The number of hydrogen-bond acceptors (Lipinski definition) is 6. The van der Waals surface area contributed by atoms with Crippen molar-refractivity contribution in [2.24, 2.45) is 5.73 Å². The normalized spacial score (nSPS) is 9.41. The first kappa shape index (κ1) is 28.1. The lowest BCUT2D eigenvalue weighted by atomic mass is 10.1. The zero-order valence-corrected chi connectivity index (χ0v) is 19.9. The number of thiophene rings is 1. The number of aliphatic hydroxyl groups is 1. The van der Waals surface area contributed by atoms with Gasteiger partial charge in [0.2, 0.25) is 5.91 Å². The number of rotatable bonds is 9. The van der Waals surface area contributed by atoms with Crippen molar-refractivity contribution >= 4 is 40.7 Å². The van der Waals surface area contributed by atoms with Gasteiger partial charge in [0.1, 0.15) is 12.1 Å². The van der Waals surface area contributed by atoms with E-state index in [4.69, 9.17) is 16.2 Å². The number of nitrogen functional groups attached to an aromatic ring is 1. The third-order valence-corrected chi connectivity index (χ3v) is 5.44. The van der Waals surface area contributed by atoms with Crippen LogP contribution in [0.2, 0.25) is 0 Å². The first-order valence-corrected chi connectivity index (χ1v) is 11.3. The second kappa shape index (κ2) is 15.8. The number of likely N-dealkylation sites (N-methyl/N-ethyl adjacent to an activating group) is 1. The summed E-state index contributed by atoms with van der Waals surface area (Å²) in [6.07, 6.45) is 9.10. The van der Waals surface area contributed by atoms with Crippen molar-refractivity contribution in [3.05, 3.63) is 71.6 Å². The third-order valence-electron chi connectivity index (χ3n) is 4.52. The Morgan fingerprint density at radius 3 is 2.29 bits per heavy atom. The van der Waals surface area contributed by atoms with E-state index < -0.39 is 0 Å². The molecule has 0 atom stereocenters. The van der Waals surface area contributed by atoms with Crippen molar-refractivity contribution in [1.82, 2.24) is 0 Å². The van der Waals surface area contributed by atoms with Gasteiger partial charge in [-0.1, -0.05) is 18.2 Å². The maximum absolute atomic E-state index is 11.3. The molecule has 0 spiro atoms. The third kappa shape index (κ3) is 9.69. The molecule has 0 saturated heterocycles. The molecule has 5 N–H and O–H groups in total. The number of benzene rings is 2. The molecule has 1 amide bonds. The number of nitrogens with one attached hydrogen (secondary N) is 2. The van der Waals surface area contributed by atoms with Gasteiger partial charge in [-0.3, -0.25) is 10.2 Å². The summed E-state index contributed by atoms with van der Waals surface area (Å²) in [5, 5.41) is 20.8. The van der Waals surface area contributed by atoms with Gasteiger partial charge >= 0.3 is 0 Å². The van der Waals surface area contributed by atoms with Crippen LogP contribution in [0.3, 0.4) is 0 Å². The molecule has 34 heavy (non-hydrogen) atoms. The lowest BCUT2D eigenvalue weighted by Crippen LogP contribution is -2.20. The fourth-order valence-electron chi connectivity index (χ4n) is 2.75. The van der Waals surface area contributed by atoms with Gasteiger partial charge in [-0.25, -0.2) is 0 Å². The highest BCUT2D eigenvalue weighted by Gasteiger charge is 2.03. The van der Waals surface area contributed by atoms with Crippen LogP contribution in [0, 0.1) is 18.3 Å². The van der Waals surface area contributed by atoms with Gasteiger partial charge in [0.05, 0.1) is 6.61 Å². The van der Waals surface area contributed by atoms with E-state index in [1.165, 1.54) is 10.4 Å². The average molecular weight is 479 g/mol. The predicted octanol–water partition coefficient (Wildman–Crippen LogP) is 3.98. The van der Waals surface area contributed by atoms with Crippen LogP contribution in [-0.4, -0.2) is 43.3 Å². The molecular formula is C26H30N4O3S. The first-order chi connectivity index (χ1) is 16.4. The molecule has 7 nitrogen and oxygen atoms in total. The molecule has 0 aliphatic carbocycles. The molecule has 0 aliphatic heterocycles. The number of amides is 1. The van der Waals surface area contributed by atoms with E-state index in [9.17, 15) is 9.59 Å². The average Bonchev–Trinajstić information content (AvgIpc) is 3.40. The number of amidine groups is 1. The van der Waals surface area contributed by atoms with Crippen LogP contribution in [0.25, 0.3) is 10.4 Å². The molecule has 1 aromatic heterocycles. The lowest BCUT2D eigenvalue weighted by molar-refractivity contribution is -0.118. The highest BCUT2D eigenvalue weighted by Crippen LogP contribution is 2.26. The molecule has 8 heteroatoms. The number of aliphatic hydroxyl groups excluding tert-OH is 1. The topological polar surface area (TPSA) is 120 Å². The van der Waals surface area contributed by atoms with E-state index >= 15 is 0 Å². The van der Waals surface area contributed by atoms with Crippen LogP contribution in [0.1, 0.15) is 18.4 Å². The molecule has 0 fully saturated rings. The summed E-state index contributed by atoms with van der Waals surface area (Å²) >= 11 is 1.75. The summed E-state index contributed by atoms with van der Waals surface area (Å²) in [7, 11) is 1.98. The Labute approximate surface area is 204 Å². The molecule has 2 aromatic carbocycles. The summed E-state index contributed by atoms with van der Waals surface area (Å²) < 4.78 is 0. The number of nitrogens with two attached hydrogens (primary N) is 1. The number of carbonyl (C=O) groups excluding carboxylic acids is 2. The van der Waals surface area contributed by atoms with Gasteiger partial charge < -0.3 is 25.9 Å². The van der Waals surface area contributed by atoms with E-state index in [1.807, 2.05) is 11.9 Å². The monoisotopic (exact) mass is 478 g/mol. The van der Waals surface area contributed by atoms with Crippen molar-refractivity contribution in [2.75, 3.05) is 30.4 Å². The Morgan fingerprint density at radius 1 is 1.15 bits per heavy atom. The maximum Gasteiger partial charge on any atom is 0.224 e. The maximum atomic E-state index is 11.3. The number of nitrogens with zero attached hydrogens (tertiary/aromatic N) is 1. The van der Waals surface area contributed by atoms with Crippen LogP contribution in [0.15, 0.2) is 66.0 Å². The molecule has 0 bridgehead atoms. The largest absolute Gasteiger partial charge is 0.395 e. The van der Waals surface area contributed by atoms with Gasteiger partial charge in [-0.2, -0.15) is 0 Å². The number of anilines is 2. The van der Waals surface area contributed by atoms with Crippen LogP contribution in [0.4, 0.5) is 11.4 Å². The second-order valence-electron chi connectivity index (χ2n) is 6.91. The smallest absolute Gasteiger partial charge is 0.224 e. The van der Waals surface area contributed by atoms with Gasteiger partial charge in [-0.15, -0.1) is 24.2 Å². The van der Waals surface area contributed by atoms with Gasteiger partial charge in [0.25, 0.3) is 0 Å². The second-order valence-corrected chi connectivity index (χ2v) is 7.86. The van der Waals surface area contributed by atoms with Gasteiger partial charge in [-0.05, 0) is 53.4 Å². The molecule has 0 unspecified atom stereocenters. The zero-order chi connectivity index (χ0) is 25.3. The van der Waals surface area contributed by atoms with Crippen molar-refractivity contribution in [3.63, 3.8) is 0 Å². The molecular weight excluding hydrogens is 448 g/mol. The Balaban J connectivity index is 0.000000317. The van der Waals surface area contributed by atoms with Crippen LogP contribution < -0.4 is 16.0 Å². The lowest BCUT2D eigenvalue weighted by Gasteiger charge is -2.17. The fourth-order valence-corrected chi connectivity index (χ4v) is 3.48. The summed E-state index contributed by atoms with van der Waals surface area (Å²) in [5.41, 5.74) is 8.90. The fraction of sp³-hybridized carbons (Fsp3) is 0.192. The molecule has 3 rings (SSSR count). The van der Waals surface area contributed by atoms with Gasteiger partial charge in [0.15, 0.2) is 0 Å². The molecule has 0 aliphatic rings. The summed E-state index contributed by atoms with van der Waals surface area (Å²) in [5.74, 6) is -0.221. The van der Waals surface area contributed by atoms with Gasteiger partial charge in [0, 0.05) is 48.2 Å². The minimum atomic E-state index is -0.206. The Kier molecular flexibility index (Phi) is 13.1. The number of carbonyl (C=O) groups is 2. The highest BCUT2D eigenvalue weighted by atomic mass is 32.1. The summed E-state index contributed by atoms with van der Waals surface area (Å²) in [4.78, 5) is 24.6. The van der Waals surface area contributed by atoms with Crippen LogP contribution >= 0.6 is 11.3 Å².